The van der Waals surface area contributed by atoms with Crippen LogP contribution in [0.4, 0.5) is 0 Å². The van der Waals surface area contributed by atoms with E-state index in [2.05, 4.69) is 49.7 Å². The van der Waals surface area contributed by atoms with Gasteiger partial charge in [-0.05, 0) is 57.5 Å². The minimum atomic E-state index is 0.663. The molecule has 114 valence electrons. The highest BCUT2D eigenvalue weighted by molar-refractivity contribution is 7.99. The van der Waals surface area contributed by atoms with Crippen LogP contribution in [0.2, 0.25) is 0 Å². The van der Waals surface area contributed by atoms with Crippen LogP contribution in [0.1, 0.15) is 53.4 Å². The zero-order chi connectivity index (χ0) is 14.1. The van der Waals surface area contributed by atoms with Crippen molar-refractivity contribution in [1.82, 2.24) is 10.2 Å². The van der Waals surface area contributed by atoms with Gasteiger partial charge in [0.25, 0.3) is 0 Å². The van der Waals surface area contributed by atoms with Crippen LogP contribution in [-0.2, 0) is 0 Å². The first-order chi connectivity index (χ1) is 9.11. The van der Waals surface area contributed by atoms with Crippen LogP contribution in [0, 0.1) is 5.92 Å². The zero-order valence-corrected chi connectivity index (χ0v) is 14.3. The molecule has 1 fully saturated rings. The summed E-state index contributed by atoms with van der Waals surface area (Å²) in [4.78, 5) is 2.64. The van der Waals surface area contributed by atoms with E-state index in [0.29, 0.717) is 6.04 Å². The third-order valence-electron chi connectivity index (χ3n) is 3.75. The van der Waals surface area contributed by atoms with Crippen molar-refractivity contribution in [3.63, 3.8) is 0 Å². The second kappa shape index (κ2) is 10.1. The minimum Gasteiger partial charge on any atom is -0.311 e. The van der Waals surface area contributed by atoms with Gasteiger partial charge in [0.1, 0.15) is 0 Å². The summed E-state index contributed by atoms with van der Waals surface area (Å²) in [5.74, 6) is 3.37. The van der Waals surface area contributed by atoms with Crippen molar-refractivity contribution in [1.29, 1.82) is 0 Å². The number of hydrogen-bond acceptors (Lipinski definition) is 3. The van der Waals surface area contributed by atoms with Gasteiger partial charge in [0, 0.05) is 17.8 Å². The fraction of sp³-hybridized carbons (Fsp3) is 1.00. The molecule has 0 amide bonds. The Kier molecular flexibility index (Phi) is 9.17. The van der Waals surface area contributed by atoms with Gasteiger partial charge < -0.3 is 10.2 Å². The fourth-order valence-corrected chi connectivity index (χ4v) is 3.69. The molecule has 2 nitrogen and oxygen atoms in total. The summed E-state index contributed by atoms with van der Waals surface area (Å²) >= 11 is 2.10. The quantitative estimate of drug-likeness (QED) is 0.697. The highest BCUT2D eigenvalue weighted by atomic mass is 32.2. The van der Waals surface area contributed by atoms with E-state index in [4.69, 9.17) is 0 Å². The average molecular weight is 287 g/mol. The van der Waals surface area contributed by atoms with Crippen molar-refractivity contribution in [3.05, 3.63) is 0 Å². The number of likely N-dealkylation sites (tertiary alicyclic amines) is 1. The first kappa shape index (κ1) is 17.3. The third kappa shape index (κ3) is 8.21. The molecular formula is C16H34N2S. The maximum absolute atomic E-state index is 3.82. The number of nitrogens with one attached hydrogen (secondary N) is 1. The third-order valence-corrected chi connectivity index (χ3v) is 5.39. The fourth-order valence-electron chi connectivity index (χ4n) is 2.64. The van der Waals surface area contributed by atoms with Gasteiger partial charge >= 0.3 is 0 Å². The molecule has 1 unspecified atom stereocenters. The number of rotatable bonds is 9. The Bertz CT molecular complexity index is 213. The summed E-state index contributed by atoms with van der Waals surface area (Å²) in [7, 11) is 0. The van der Waals surface area contributed by atoms with Crippen molar-refractivity contribution < 1.29 is 0 Å². The van der Waals surface area contributed by atoms with Crippen LogP contribution in [0.5, 0.6) is 0 Å². The predicted molar refractivity (Wildman–Crippen MR) is 89.1 cm³/mol. The summed E-state index contributed by atoms with van der Waals surface area (Å²) < 4.78 is 0. The van der Waals surface area contributed by atoms with Crippen molar-refractivity contribution in [2.45, 2.75) is 65.5 Å². The zero-order valence-electron chi connectivity index (χ0n) is 13.5. The molecule has 1 rings (SSSR count). The molecule has 0 aromatic carbocycles. The first-order valence-corrected chi connectivity index (χ1v) is 9.33. The molecule has 1 atom stereocenters. The number of nitrogens with zero attached hydrogens (tertiary/aromatic N) is 1. The van der Waals surface area contributed by atoms with Gasteiger partial charge in [-0.3, -0.25) is 0 Å². The largest absolute Gasteiger partial charge is 0.311 e. The van der Waals surface area contributed by atoms with Crippen LogP contribution < -0.4 is 5.32 Å². The number of unbranched alkanes of at least 4 members (excludes halogenated alkanes) is 1. The number of thioether (sulfide) groups is 1. The molecule has 1 aliphatic rings. The molecule has 1 N–H and O–H groups in total. The topological polar surface area (TPSA) is 15.3 Å². The molecular weight excluding hydrogens is 252 g/mol. The highest BCUT2D eigenvalue weighted by Gasteiger charge is 2.19. The van der Waals surface area contributed by atoms with E-state index < -0.39 is 0 Å². The van der Waals surface area contributed by atoms with E-state index >= 15 is 0 Å². The van der Waals surface area contributed by atoms with Crippen LogP contribution in [0.25, 0.3) is 0 Å². The molecule has 0 bridgehead atoms. The van der Waals surface area contributed by atoms with Gasteiger partial charge in [-0.25, -0.2) is 0 Å². The van der Waals surface area contributed by atoms with Gasteiger partial charge in [0.05, 0.1) is 0 Å². The van der Waals surface area contributed by atoms with Crippen LogP contribution in [-0.4, -0.2) is 48.1 Å². The summed E-state index contributed by atoms with van der Waals surface area (Å²) in [6.07, 6.45) is 5.36. The van der Waals surface area contributed by atoms with Crippen LogP contribution in [0.3, 0.4) is 0 Å². The second-order valence-electron chi connectivity index (χ2n) is 6.47. The van der Waals surface area contributed by atoms with Crippen LogP contribution >= 0.6 is 11.8 Å². The van der Waals surface area contributed by atoms with Crippen molar-refractivity contribution in [2.75, 3.05) is 31.1 Å². The molecule has 3 heteroatoms. The van der Waals surface area contributed by atoms with E-state index in [1.807, 2.05) is 0 Å². The van der Waals surface area contributed by atoms with Gasteiger partial charge in [0.2, 0.25) is 0 Å². The Morgan fingerprint density at radius 2 is 1.84 bits per heavy atom. The standard InChI is InChI=1S/C16H34N2S/c1-5-6-9-18-10-7-16(8-11-18)17-15(4)13-19-12-14(2)3/h14-17H,5-13H2,1-4H3. The summed E-state index contributed by atoms with van der Waals surface area (Å²) in [6, 6.07) is 1.42. The lowest BCUT2D eigenvalue weighted by molar-refractivity contribution is 0.191. The average Bonchev–Trinajstić information content (AvgIpc) is 2.37. The number of hydrogen-bond donors (Lipinski definition) is 1. The lowest BCUT2D eigenvalue weighted by Gasteiger charge is -2.34. The molecule has 0 spiro atoms. The maximum atomic E-state index is 3.82. The normalized spacial score (nSPS) is 20.1. The minimum absolute atomic E-state index is 0.663. The summed E-state index contributed by atoms with van der Waals surface area (Å²) in [5, 5.41) is 3.82. The second-order valence-corrected chi connectivity index (χ2v) is 7.54. The van der Waals surface area contributed by atoms with E-state index in [9.17, 15) is 0 Å². The lowest BCUT2D eigenvalue weighted by atomic mass is 10.0. The predicted octanol–water partition coefficient (Wildman–Crippen LogP) is 3.62. The first-order valence-electron chi connectivity index (χ1n) is 8.18. The van der Waals surface area contributed by atoms with E-state index in [-0.39, 0.29) is 0 Å². The SMILES string of the molecule is CCCCN1CCC(NC(C)CSCC(C)C)CC1. The van der Waals surface area contributed by atoms with Crippen molar-refractivity contribution >= 4 is 11.8 Å². The lowest BCUT2D eigenvalue weighted by Crippen LogP contribution is -2.46. The highest BCUT2D eigenvalue weighted by Crippen LogP contribution is 2.14. The van der Waals surface area contributed by atoms with Crippen molar-refractivity contribution in [3.8, 4) is 0 Å². The van der Waals surface area contributed by atoms with Crippen LogP contribution in [0.15, 0.2) is 0 Å². The van der Waals surface area contributed by atoms with E-state index in [0.717, 1.165) is 12.0 Å². The Labute approximate surface area is 125 Å². The molecule has 1 heterocycles. The summed E-state index contributed by atoms with van der Waals surface area (Å²) in [6.45, 7) is 13.1. The van der Waals surface area contributed by atoms with Gasteiger partial charge in [-0.1, -0.05) is 27.2 Å². The molecule has 0 radical (unpaired) electrons. The summed E-state index contributed by atoms with van der Waals surface area (Å²) in [5.41, 5.74) is 0. The van der Waals surface area contributed by atoms with E-state index in [1.54, 1.807) is 0 Å². The molecule has 0 aromatic heterocycles. The Hall–Kier alpha value is 0.270. The van der Waals surface area contributed by atoms with Gasteiger partial charge in [0.15, 0.2) is 0 Å². The van der Waals surface area contributed by atoms with Gasteiger partial charge in [-0.2, -0.15) is 11.8 Å². The molecule has 1 aliphatic heterocycles. The van der Waals surface area contributed by atoms with E-state index in [1.165, 1.54) is 56.8 Å². The van der Waals surface area contributed by atoms with Gasteiger partial charge in [-0.15, -0.1) is 0 Å². The molecule has 19 heavy (non-hydrogen) atoms. The molecule has 0 aromatic rings. The molecule has 1 saturated heterocycles. The maximum Gasteiger partial charge on any atom is 0.0132 e. The smallest absolute Gasteiger partial charge is 0.0132 e. The monoisotopic (exact) mass is 286 g/mol. The molecule has 0 aliphatic carbocycles. The Morgan fingerprint density at radius 1 is 1.16 bits per heavy atom. The number of piperidine rings is 1. The molecule has 0 saturated carbocycles. The Balaban J connectivity index is 2.07. The Morgan fingerprint density at radius 3 is 2.42 bits per heavy atom. The van der Waals surface area contributed by atoms with Crippen molar-refractivity contribution in [2.24, 2.45) is 5.92 Å².